The molecule has 0 spiro atoms. The summed E-state index contributed by atoms with van der Waals surface area (Å²) < 4.78 is 32.6. The number of hydrogen-bond acceptors (Lipinski definition) is 8. The van der Waals surface area contributed by atoms with E-state index in [4.69, 9.17) is 20.7 Å². The van der Waals surface area contributed by atoms with Crippen molar-refractivity contribution >= 4 is 27.6 Å². The molecule has 2 aromatic rings. The number of nitro benzene ring substituents is 1. The van der Waals surface area contributed by atoms with Crippen molar-refractivity contribution in [2.75, 3.05) is 13.2 Å². The van der Waals surface area contributed by atoms with E-state index in [0.717, 1.165) is 24.3 Å². The van der Waals surface area contributed by atoms with Crippen molar-refractivity contribution in [2.24, 2.45) is 5.73 Å². The SMILES string of the molecule is N=C(N)[N-]OCCCOc1ccc(C[C@H](NS(=O)(=O)c2ccc([N+](=O)[O-])cc2)C(=O)O)cc1.[Li+]. The summed E-state index contributed by atoms with van der Waals surface area (Å²) in [4.78, 5) is 26.1. The minimum atomic E-state index is -4.22. The number of non-ortho nitro benzene ring substituents is 1. The number of nitro groups is 1. The maximum atomic E-state index is 12.5. The van der Waals surface area contributed by atoms with E-state index in [-0.39, 0.29) is 42.5 Å². The van der Waals surface area contributed by atoms with Gasteiger partial charge >= 0.3 is 24.8 Å². The zero-order valence-electron chi connectivity index (χ0n) is 18.2. The maximum absolute atomic E-state index is 12.5. The number of carboxylic acid groups (broad SMARTS) is 1. The number of carboxylic acids is 1. The van der Waals surface area contributed by atoms with E-state index >= 15 is 0 Å². The number of hydrogen-bond donors (Lipinski definition) is 4. The molecule has 2 rings (SSSR count). The zero-order valence-corrected chi connectivity index (χ0v) is 19.0. The Morgan fingerprint density at radius 1 is 1.18 bits per heavy atom. The van der Waals surface area contributed by atoms with Crippen LogP contribution in [0.2, 0.25) is 0 Å². The molecule has 2 aromatic carbocycles. The van der Waals surface area contributed by atoms with Crippen LogP contribution >= 0.6 is 0 Å². The van der Waals surface area contributed by atoms with E-state index < -0.39 is 32.9 Å². The molecule has 0 unspecified atom stereocenters. The van der Waals surface area contributed by atoms with E-state index in [1.54, 1.807) is 24.3 Å². The second-order valence-electron chi connectivity index (χ2n) is 6.62. The molecule has 0 fully saturated rings. The first-order chi connectivity index (χ1) is 15.6. The van der Waals surface area contributed by atoms with Gasteiger partial charge < -0.3 is 25.8 Å². The van der Waals surface area contributed by atoms with Gasteiger partial charge in [0.1, 0.15) is 11.8 Å². The van der Waals surface area contributed by atoms with Gasteiger partial charge in [-0.05, 0) is 36.2 Å². The van der Waals surface area contributed by atoms with Crippen molar-refractivity contribution in [3.8, 4) is 5.75 Å². The van der Waals surface area contributed by atoms with Crippen molar-refractivity contribution in [2.45, 2.75) is 23.8 Å². The normalized spacial score (nSPS) is 11.6. The fourth-order valence-corrected chi connectivity index (χ4v) is 3.76. The predicted molar refractivity (Wildman–Crippen MR) is 116 cm³/mol. The van der Waals surface area contributed by atoms with Crippen LogP contribution in [0.5, 0.6) is 5.75 Å². The molecule has 0 saturated heterocycles. The molecule has 0 bridgehead atoms. The summed E-state index contributed by atoms with van der Waals surface area (Å²) in [6.07, 6.45) is 0.353. The summed E-state index contributed by atoms with van der Waals surface area (Å²) in [6, 6.07) is 9.08. The van der Waals surface area contributed by atoms with Crippen LogP contribution in [0.15, 0.2) is 53.4 Å². The standard InChI is InChI=1S/C19H23N5O8S.Li/c20-19(21)22-32-11-1-10-31-15-6-2-13(3-7-15)12-17(18(25)26)23-33(29,30)16-8-4-14(5-9-16)24(27)28;/h2-9,17,23H,1,10-12H2,(H5,20,21,22,25,26);/q;+1/p-1/t17-;/m0./s1. The number of rotatable bonds is 13. The van der Waals surface area contributed by atoms with Crippen LogP contribution in [0.3, 0.4) is 0 Å². The molecule has 0 aliphatic rings. The van der Waals surface area contributed by atoms with Gasteiger partial charge in [0.25, 0.3) is 5.69 Å². The van der Waals surface area contributed by atoms with Crippen molar-refractivity contribution in [1.29, 1.82) is 5.41 Å². The van der Waals surface area contributed by atoms with Crippen molar-refractivity contribution in [1.82, 2.24) is 4.72 Å². The Bertz CT molecular complexity index is 1080. The number of nitrogens with two attached hydrogens (primary N) is 1. The average molecular weight is 487 g/mol. The van der Waals surface area contributed by atoms with Crippen LogP contribution < -0.4 is 34.1 Å². The first-order valence-corrected chi connectivity index (χ1v) is 10.9. The van der Waals surface area contributed by atoms with Gasteiger partial charge in [0.15, 0.2) is 0 Å². The third-order valence-electron chi connectivity index (χ3n) is 4.13. The second kappa shape index (κ2) is 13.5. The first kappa shape index (κ1) is 28.9. The summed E-state index contributed by atoms with van der Waals surface area (Å²) in [5.74, 6) is -1.29. The van der Waals surface area contributed by atoms with Crippen LogP contribution in [-0.4, -0.2) is 49.6 Å². The van der Waals surface area contributed by atoms with Gasteiger partial charge in [0.2, 0.25) is 10.0 Å². The van der Waals surface area contributed by atoms with Crippen LogP contribution in [0.4, 0.5) is 5.69 Å². The Kier molecular flexibility index (Phi) is 11.5. The van der Waals surface area contributed by atoms with E-state index in [9.17, 15) is 28.4 Å². The van der Waals surface area contributed by atoms with Crippen molar-refractivity contribution in [3.05, 3.63) is 69.7 Å². The Balaban J connectivity index is 0.00000578. The molecule has 13 nitrogen and oxygen atoms in total. The Hall–Kier alpha value is -3.15. The second-order valence-corrected chi connectivity index (χ2v) is 8.34. The molecule has 0 amide bonds. The van der Waals surface area contributed by atoms with E-state index in [1.807, 2.05) is 0 Å². The number of hydroxylamine groups is 1. The number of nitrogens with one attached hydrogen (secondary N) is 2. The van der Waals surface area contributed by atoms with Crippen molar-refractivity contribution < 1.29 is 51.7 Å². The summed E-state index contributed by atoms with van der Waals surface area (Å²) in [5.41, 5.74) is 8.53. The maximum Gasteiger partial charge on any atom is 1.00 e. The van der Waals surface area contributed by atoms with Crippen molar-refractivity contribution in [3.63, 3.8) is 0 Å². The minimum Gasteiger partial charge on any atom is -0.494 e. The molecule has 15 heteroatoms. The van der Waals surface area contributed by atoms with Gasteiger partial charge in [-0.2, -0.15) is 4.72 Å². The molecule has 0 aromatic heterocycles. The first-order valence-electron chi connectivity index (χ1n) is 9.47. The van der Waals surface area contributed by atoms with Crippen LogP contribution in [0.25, 0.3) is 5.48 Å². The molecule has 0 aliphatic carbocycles. The number of carbonyl (C=O) groups is 1. The summed E-state index contributed by atoms with van der Waals surface area (Å²) in [6.45, 7) is 0.520. The monoisotopic (exact) mass is 487 g/mol. The Labute approximate surface area is 207 Å². The smallest absolute Gasteiger partial charge is 0.494 e. The van der Waals surface area contributed by atoms with Crippen LogP contribution in [0.1, 0.15) is 12.0 Å². The molecule has 0 heterocycles. The molecule has 0 saturated carbocycles. The van der Waals surface area contributed by atoms with E-state index in [2.05, 4.69) is 10.2 Å². The number of ether oxygens (including phenoxy) is 1. The van der Waals surface area contributed by atoms with Gasteiger partial charge in [-0.3, -0.25) is 20.4 Å². The van der Waals surface area contributed by atoms with E-state index in [1.165, 1.54) is 0 Å². The van der Waals surface area contributed by atoms with Gasteiger partial charge in [-0.25, -0.2) is 8.42 Å². The quantitative estimate of drug-likeness (QED) is 0.0649. The van der Waals surface area contributed by atoms with Gasteiger partial charge in [0.05, 0.1) is 23.0 Å². The molecule has 178 valence electrons. The third-order valence-corrected chi connectivity index (χ3v) is 5.62. The predicted octanol–water partition coefficient (Wildman–Crippen LogP) is -1.46. The zero-order chi connectivity index (χ0) is 24.4. The number of benzene rings is 2. The Morgan fingerprint density at radius 2 is 1.79 bits per heavy atom. The number of aliphatic carboxylic acids is 1. The summed E-state index contributed by atoms with van der Waals surface area (Å²) in [7, 11) is -4.22. The van der Waals surface area contributed by atoms with Crippen LogP contribution in [-0.2, 0) is 26.1 Å². The molecule has 34 heavy (non-hydrogen) atoms. The molecule has 5 N–H and O–H groups in total. The molecule has 0 radical (unpaired) electrons. The fourth-order valence-electron chi connectivity index (χ4n) is 2.57. The number of sulfonamides is 1. The fraction of sp³-hybridized carbons (Fsp3) is 0.263. The largest absolute Gasteiger partial charge is 1.00 e. The average Bonchev–Trinajstić information content (AvgIpc) is 2.76. The number of guanidine groups is 1. The molecule has 0 aliphatic heterocycles. The van der Waals surface area contributed by atoms with Gasteiger partial charge in [-0.15, -0.1) is 0 Å². The molecule has 1 atom stereocenters. The van der Waals surface area contributed by atoms with E-state index in [0.29, 0.717) is 24.3 Å². The molecular formula is C19H22LiN5O8S. The molecular weight excluding hydrogens is 465 g/mol. The number of nitrogens with zero attached hydrogens (tertiary/aromatic N) is 2. The topological polar surface area (TPSA) is 209 Å². The third kappa shape index (κ3) is 9.38. The van der Waals surface area contributed by atoms with Gasteiger partial charge in [0, 0.05) is 24.5 Å². The summed E-state index contributed by atoms with van der Waals surface area (Å²) >= 11 is 0. The minimum absolute atomic E-state index is 0. The summed E-state index contributed by atoms with van der Waals surface area (Å²) in [5, 5.41) is 27.0. The van der Waals surface area contributed by atoms with Gasteiger partial charge in [-0.1, -0.05) is 12.1 Å². The van der Waals surface area contributed by atoms with Crippen LogP contribution in [0, 0.1) is 15.5 Å². The Morgan fingerprint density at radius 3 is 2.32 bits per heavy atom.